The van der Waals surface area contributed by atoms with Gasteiger partial charge in [-0.2, -0.15) is 0 Å². The van der Waals surface area contributed by atoms with Gasteiger partial charge in [0.05, 0.1) is 28.3 Å². The molecule has 4 heterocycles. The van der Waals surface area contributed by atoms with E-state index in [1.165, 1.54) is 0 Å². The van der Waals surface area contributed by atoms with Gasteiger partial charge in [0, 0.05) is 31.9 Å². The number of nitrogens with zero attached hydrogens (tertiary/aromatic N) is 4. The predicted molar refractivity (Wildman–Crippen MR) is 224 cm³/mol. The van der Waals surface area contributed by atoms with Gasteiger partial charge in [0.25, 0.3) is 0 Å². The van der Waals surface area contributed by atoms with E-state index in [1.807, 2.05) is 89.8 Å². The van der Waals surface area contributed by atoms with Gasteiger partial charge < -0.3 is 15.1 Å². The summed E-state index contributed by atoms with van der Waals surface area (Å²) in [6.45, 7) is 3.38. The van der Waals surface area contributed by atoms with Gasteiger partial charge in [-0.1, -0.05) is 116 Å². The first-order valence-electron chi connectivity index (χ1n) is 19.6. The van der Waals surface area contributed by atoms with Crippen molar-refractivity contribution in [1.29, 1.82) is 0 Å². The molecule has 56 heavy (non-hydrogen) atoms. The van der Waals surface area contributed by atoms with Gasteiger partial charge in [-0.05, 0) is 65.5 Å². The van der Waals surface area contributed by atoms with Crippen molar-refractivity contribution < 1.29 is 14.4 Å². The lowest BCUT2D eigenvalue weighted by atomic mass is 10.0. The Morgan fingerprint density at radius 2 is 1.18 bits per heavy atom. The summed E-state index contributed by atoms with van der Waals surface area (Å²) in [4.78, 5) is 55.6. The zero-order valence-electron chi connectivity index (χ0n) is 31.5. The minimum absolute atomic E-state index is 0.0357. The van der Waals surface area contributed by atoms with Crippen LogP contribution in [-0.4, -0.2) is 50.6 Å². The van der Waals surface area contributed by atoms with Crippen molar-refractivity contribution in [3.8, 4) is 32.0 Å². The van der Waals surface area contributed by atoms with E-state index in [-0.39, 0.29) is 29.8 Å². The highest BCUT2D eigenvalue weighted by molar-refractivity contribution is 7.15. The molecule has 2 saturated heterocycles. The number of aromatic nitrogens is 2. The zero-order valence-corrected chi connectivity index (χ0v) is 33.1. The average Bonchev–Trinajstić information content (AvgIpc) is 4.08. The molecule has 4 aromatic carbocycles. The van der Waals surface area contributed by atoms with Crippen LogP contribution in [0.15, 0.2) is 122 Å². The largest absolute Gasteiger partial charge is 0.341 e. The van der Waals surface area contributed by atoms with E-state index in [0.29, 0.717) is 19.4 Å². The molecule has 2 fully saturated rings. The van der Waals surface area contributed by atoms with E-state index >= 15 is 0 Å². The van der Waals surface area contributed by atoms with Gasteiger partial charge in [0.15, 0.2) is 0 Å². The Morgan fingerprint density at radius 3 is 1.73 bits per heavy atom. The first kappa shape index (κ1) is 37.5. The molecule has 2 aliphatic rings. The maximum absolute atomic E-state index is 14.0. The number of rotatable bonds is 12. The van der Waals surface area contributed by atoms with Crippen molar-refractivity contribution in [2.75, 3.05) is 13.1 Å². The standard InChI is InChI=1S/C46H45N5O3S2/c1-2-11-41(52)49-43(36-14-7-4-8-15-36)46(54)51-27-10-17-38(51)45-48-30-40(56-45)35-24-20-33(21-25-35)32-18-22-34(23-19-32)39-29-47-44(55-39)37-16-9-26-50(37)42(53)28-31-12-5-3-6-13-31/h3-8,12-15,18-25,29-30,37-38,43H,2,9-11,16-17,26-28H2,1H3,(H,49,52)/t37-,38-,43+/m0/s1. The van der Waals surface area contributed by atoms with Crippen molar-refractivity contribution in [1.82, 2.24) is 25.1 Å². The number of carbonyl (C=O) groups excluding carboxylic acids is 3. The number of hydrogen-bond acceptors (Lipinski definition) is 7. The Kier molecular flexibility index (Phi) is 11.5. The van der Waals surface area contributed by atoms with E-state index in [0.717, 1.165) is 91.8 Å². The number of likely N-dealkylation sites (tertiary alicyclic amines) is 2. The third-order valence-electron chi connectivity index (χ3n) is 10.8. The van der Waals surface area contributed by atoms with Crippen molar-refractivity contribution in [3.05, 3.63) is 143 Å². The van der Waals surface area contributed by atoms with E-state index < -0.39 is 6.04 Å². The topological polar surface area (TPSA) is 95.5 Å². The first-order chi connectivity index (χ1) is 27.4. The van der Waals surface area contributed by atoms with Crippen molar-refractivity contribution in [2.24, 2.45) is 0 Å². The quantitative estimate of drug-likeness (QED) is 0.134. The highest BCUT2D eigenvalue weighted by atomic mass is 32.1. The summed E-state index contributed by atoms with van der Waals surface area (Å²) in [5, 5.41) is 4.93. The minimum Gasteiger partial charge on any atom is -0.341 e. The fourth-order valence-electron chi connectivity index (χ4n) is 7.84. The molecule has 0 aliphatic carbocycles. The summed E-state index contributed by atoms with van der Waals surface area (Å²) in [6, 6.07) is 35.8. The Bertz CT molecular complexity index is 2270. The minimum atomic E-state index is -0.721. The summed E-state index contributed by atoms with van der Waals surface area (Å²) in [5.41, 5.74) is 6.28. The number of nitrogens with one attached hydrogen (secondary N) is 1. The summed E-state index contributed by atoms with van der Waals surface area (Å²) >= 11 is 3.31. The van der Waals surface area contributed by atoms with Crippen LogP contribution in [-0.2, 0) is 20.8 Å². The average molecular weight is 780 g/mol. The second-order valence-corrected chi connectivity index (χ2v) is 16.7. The summed E-state index contributed by atoms with van der Waals surface area (Å²) < 4.78 is 0. The van der Waals surface area contributed by atoms with Crippen LogP contribution < -0.4 is 5.32 Å². The van der Waals surface area contributed by atoms with Crippen molar-refractivity contribution in [2.45, 2.75) is 70.0 Å². The van der Waals surface area contributed by atoms with Crippen LogP contribution in [0, 0.1) is 0 Å². The number of benzene rings is 4. The van der Waals surface area contributed by atoms with Crippen molar-refractivity contribution >= 4 is 40.4 Å². The first-order valence-corrected chi connectivity index (χ1v) is 21.2. The van der Waals surface area contributed by atoms with Gasteiger partial charge in [0.1, 0.15) is 16.1 Å². The monoisotopic (exact) mass is 779 g/mol. The molecule has 3 amide bonds. The summed E-state index contributed by atoms with van der Waals surface area (Å²) in [7, 11) is 0. The van der Waals surface area contributed by atoms with E-state index in [9.17, 15) is 14.4 Å². The molecule has 0 unspecified atom stereocenters. The van der Waals surface area contributed by atoms with Crippen LogP contribution in [0.4, 0.5) is 0 Å². The van der Waals surface area contributed by atoms with Gasteiger partial charge in [0.2, 0.25) is 17.7 Å². The highest BCUT2D eigenvalue weighted by Crippen LogP contribution is 2.40. The molecule has 8 rings (SSSR count). The molecule has 8 nitrogen and oxygen atoms in total. The molecule has 6 aromatic rings. The molecular formula is C46H45N5O3S2. The Labute approximate surface area is 336 Å². The molecule has 3 atom stereocenters. The lowest BCUT2D eigenvalue weighted by Crippen LogP contribution is -2.42. The maximum atomic E-state index is 14.0. The van der Waals surface area contributed by atoms with Gasteiger partial charge in [-0.15, -0.1) is 22.7 Å². The molecule has 284 valence electrons. The van der Waals surface area contributed by atoms with E-state index in [1.54, 1.807) is 22.7 Å². The number of hydrogen-bond donors (Lipinski definition) is 1. The Hall–Kier alpha value is -5.45. The molecule has 2 aromatic heterocycles. The Balaban J connectivity index is 0.919. The summed E-state index contributed by atoms with van der Waals surface area (Å²) in [6.07, 6.45) is 9.05. The van der Waals surface area contributed by atoms with Gasteiger partial charge >= 0.3 is 0 Å². The van der Waals surface area contributed by atoms with E-state index in [4.69, 9.17) is 9.97 Å². The number of thiazole rings is 2. The molecule has 0 radical (unpaired) electrons. The van der Waals surface area contributed by atoms with Crippen LogP contribution in [0.3, 0.4) is 0 Å². The summed E-state index contributed by atoms with van der Waals surface area (Å²) in [5.74, 6) is -0.0368. The van der Waals surface area contributed by atoms with Crippen LogP contribution >= 0.6 is 22.7 Å². The lowest BCUT2D eigenvalue weighted by Gasteiger charge is -2.28. The third-order valence-corrected chi connectivity index (χ3v) is 13.1. The lowest BCUT2D eigenvalue weighted by molar-refractivity contribution is -0.137. The second kappa shape index (κ2) is 17.1. The maximum Gasteiger partial charge on any atom is 0.250 e. The normalized spacial score (nSPS) is 17.2. The number of carbonyl (C=O) groups is 3. The number of amides is 3. The molecule has 0 bridgehead atoms. The molecular weight excluding hydrogens is 735 g/mol. The van der Waals surface area contributed by atoms with Crippen LogP contribution in [0.2, 0.25) is 0 Å². The fourth-order valence-corrected chi connectivity index (χ4v) is 9.99. The van der Waals surface area contributed by atoms with Gasteiger partial charge in [-0.3, -0.25) is 14.4 Å². The molecule has 1 N–H and O–H groups in total. The Morgan fingerprint density at radius 1 is 0.679 bits per heavy atom. The fraction of sp³-hybridized carbons (Fsp3) is 0.283. The SMILES string of the molecule is CCCC(=O)N[C@@H](C(=O)N1CCC[C@H]1c1ncc(-c2ccc(-c3ccc(-c4cnc([C@@H]5CCCN5C(=O)Cc5ccccc5)s4)cc3)cc2)s1)c1ccccc1. The van der Waals surface area contributed by atoms with E-state index in [2.05, 4.69) is 53.8 Å². The van der Waals surface area contributed by atoms with Crippen LogP contribution in [0.5, 0.6) is 0 Å². The van der Waals surface area contributed by atoms with Crippen molar-refractivity contribution in [3.63, 3.8) is 0 Å². The molecule has 0 saturated carbocycles. The zero-order chi connectivity index (χ0) is 38.4. The molecule has 10 heteroatoms. The van der Waals surface area contributed by atoms with Crippen LogP contribution in [0.25, 0.3) is 32.0 Å². The third kappa shape index (κ3) is 8.22. The highest BCUT2D eigenvalue weighted by Gasteiger charge is 2.37. The predicted octanol–water partition coefficient (Wildman–Crippen LogP) is 9.83. The molecule has 0 spiro atoms. The molecule has 2 aliphatic heterocycles. The van der Waals surface area contributed by atoms with Crippen LogP contribution in [0.1, 0.15) is 84.7 Å². The second-order valence-electron chi connectivity index (χ2n) is 14.5. The van der Waals surface area contributed by atoms with Gasteiger partial charge in [-0.25, -0.2) is 9.97 Å². The smallest absolute Gasteiger partial charge is 0.250 e.